The summed E-state index contributed by atoms with van der Waals surface area (Å²) in [4.78, 5) is 16.7. The molecule has 0 fully saturated rings. The average molecular weight is 1780 g/mol. The summed E-state index contributed by atoms with van der Waals surface area (Å²) in [6.07, 6.45) is 2.14. The minimum Gasteiger partial charge on any atom is -0.456 e. The van der Waals surface area contributed by atoms with Crippen molar-refractivity contribution in [3.63, 3.8) is 0 Å². The molecule has 137 heavy (non-hydrogen) atoms. The van der Waals surface area contributed by atoms with E-state index in [1.165, 1.54) is 210 Å². The van der Waals surface area contributed by atoms with E-state index in [9.17, 15) is 0 Å². The minimum absolute atomic E-state index is 0.00963. The third kappa shape index (κ3) is 12.8. The van der Waals surface area contributed by atoms with Crippen LogP contribution in [0.4, 0.5) is 0 Å². The molecule has 27 aromatic rings. The zero-order valence-corrected chi connectivity index (χ0v) is 77.6. The second kappa shape index (κ2) is 31.7. The van der Waals surface area contributed by atoms with Crippen LogP contribution < -0.4 is 0 Å². The summed E-state index contributed by atoms with van der Waals surface area (Å²) in [6, 6.07) is 157. The van der Waals surface area contributed by atoms with Gasteiger partial charge in [0.05, 0.1) is 39.0 Å². The highest BCUT2D eigenvalue weighted by Crippen LogP contribution is 2.56. The molecule has 0 aliphatic heterocycles. The smallest absolute Gasteiger partial charge is 0.137 e. The molecule has 0 bridgehead atoms. The molecule has 0 saturated carbocycles. The Hall–Kier alpha value is -16.4. The SMILES string of the molecule is CC1(C)c2ccccc2-c2cc(-c3cc(-c4ccc5ccccc5c4)c4ccc5oc6ccc7ccccc7c6c5c4n3)ccc21.CCC1(CC)c2ccccc2-c2ccc(-c3cc(-c4ccc5ccccc5c4)c4ccc5sc6ccc7ccccc7c6c5c4n3)cc21.c1ccc(-c2cccc(-c3cc(-c4cccc5ccccc45)c4ccc5sc6ccc7ccccc7c6c5c4n3)c2)cc1. The van der Waals surface area contributed by atoms with Gasteiger partial charge in [0, 0.05) is 89.4 Å². The average Bonchev–Trinajstić information content (AvgIpc) is 1.60. The van der Waals surface area contributed by atoms with Gasteiger partial charge in [0.25, 0.3) is 0 Å². The molecule has 0 unspecified atom stereocenters. The maximum Gasteiger partial charge on any atom is 0.137 e. The number of hydrogen-bond donors (Lipinski definition) is 0. The first kappa shape index (κ1) is 80.3. The summed E-state index contributed by atoms with van der Waals surface area (Å²) in [6.45, 7) is 9.34. The van der Waals surface area contributed by atoms with Gasteiger partial charge < -0.3 is 4.42 Å². The number of rotatable bonds is 9. The van der Waals surface area contributed by atoms with Crippen LogP contribution in [0.25, 0.3) is 260 Å². The number of benzene rings is 21. The number of pyridine rings is 3. The third-order valence-electron chi connectivity index (χ3n) is 30.0. The van der Waals surface area contributed by atoms with Gasteiger partial charge in [0.2, 0.25) is 0 Å². The van der Waals surface area contributed by atoms with Gasteiger partial charge in [-0.1, -0.05) is 367 Å². The number of aromatic nitrogens is 3. The highest BCUT2D eigenvalue weighted by Gasteiger charge is 2.41. The fourth-order valence-corrected chi connectivity index (χ4v) is 25.5. The van der Waals surface area contributed by atoms with Crippen molar-refractivity contribution in [3.8, 4) is 101 Å². The van der Waals surface area contributed by atoms with Crippen LogP contribution >= 0.6 is 22.7 Å². The summed E-state index contributed by atoms with van der Waals surface area (Å²) < 4.78 is 11.7. The van der Waals surface area contributed by atoms with E-state index in [0.29, 0.717) is 0 Å². The molecule has 0 atom stereocenters. The number of hydrogen-bond acceptors (Lipinski definition) is 6. The Bertz CT molecular complexity index is 9760. The van der Waals surface area contributed by atoms with Gasteiger partial charge in [-0.2, -0.15) is 0 Å². The van der Waals surface area contributed by atoms with Crippen LogP contribution in [0, 0.1) is 0 Å². The first-order valence-corrected chi connectivity index (χ1v) is 49.3. The predicted molar refractivity (Wildman–Crippen MR) is 586 cm³/mol. The van der Waals surface area contributed by atoms with Gasteiger partial charge in [0.1, 0.15) is 11.2 Å². The fourth-order valence-electron chi connectivity index (χ4n) is 23.3. The second-order valence-corrected chi connectivity index (χ2v) is 39.7. The van der Waals surface area contributed by atoms with Gasteiger partial charge in [-0.05, 0) is 257 Å². The lowest BCUT2D eigenvalue weighted by atomic mass is 9.73. The zero-order valence-electron chi connectivity index (χ0n) is 76.0. The normalized spacial score (nSPS) is 13.0. The van der Waals surface area contributed by atoms with Crippen molar-refractivity contribution in [2.24, 2.45) is 0 Å². The van der Waals surface area contributed by atoms with E-state index in [4.69, 9.17) is 19.4 Å². The van der Waals surface area contributed by atoms with E-state index in [-0.39, 0.29) is 10.8 Å². The van der Waals surface area contributed by atoms with E-state index in [0.717, 1.165) is 84.9 Å². The Kier molecular flexibility index (Phi) is 18.6. The Morgan fingerprint density at radius 2 is 0.591 bits per heavy atom. The molecule has 6 heteroatoms. The Balaban J connectivity index is 0.000000104. The first-order valence-electron chi connectivity index (χ1n) is 47.7. The number of nitrogens with zero attached hydrogens (tertiary/aromatic N) is 3. The van der Waals surface area contributed by atoms with Gasteiger partial charge in [-0.25, -0.2) is 15.0 Å². The Morgan fingerprint density at radius 1 is 0.212 bits per heavy atom. The van der Waals surface area contributed by atoms with E-state index in [1.807, 2.05) is 22.7 Å². The Labute approximate surface area is 800 Å². The van der Waals surface area contributed by atoms with Crippen molar-refractivity contribution in [1.82, 2.24) is 15.0 Å². The highest BCUT2D eigenvalue weighted by molar-refractivity contribution is 7.26. The number of thiophene rings is 2. The third-order valence-corrected chi connectivity index (χ3v) is 32.3. The van der Waals surface area contributed by atoms with Crippen LogP contribution in [0.15, 0.2) is 435 Å². The number of furan rings is 1. The van der Waals surface area contributed by atoms with E-state index in [2.05, 4.69) is 458 Å². The fraction of sp³-hybridized carbons (Fsp3) is 0.0611. The molecule has 0 saturated heterocycles. The molecule has 644 valence electrons. The largest absolute Gasteiger partial charge is 0.456 e. The highest BCUT2D eigenvalue weighted by atomic mass is 32.1. The Morgan fingerprint density at radius 3 is 1.20 bits per heavy atom. The van der Waals surface area contributed by atoms with Gasteiger partial charge in [0.15, 0.2) is 0 Å². The summed E-state index contributed by atoms with van der Waals surface area (Å²) in [5, 5.41) is 25.7. The molecule has 2 aliphatic rings. The van der Waals surface area contributed by atoms with E-state index >= 15 is 0 Å². The molecule has 2 aliphatic carbocycles. The van der Waals surface area contributed by atoms with Crippen molar-refractivity contribution in [2.75, 3.05) is 0 Å². The predicted octanol–water partition coefficient (Wildman–Crippen LogP) is 37.3. The number of fused-ring (bicyclic) bond motifs is 30. The van der Waals surface area contributed by atoms with Crippen molar-refractivity contribution >= 4 is 182 Å². The summed E-state index contributed by atoms with van der Waals surface area (Å²) in [5.74, 6) is 0. The molecule has 21 aromatic carbocycles. The van der Waals surface area contributed by atoms with Crippen LogP contribution in [0.2, 0.25) is 0 Å². The molecule has 6 heterocycles. The monoisotopic (exact) mass is 1780 g/mol. The maximum atomic E-state index is 6.50. The van der Waals surface area contributed by atoms with Gasteiger partial charge in [-0.15, -0.1) is 22.7 Å². The molecule has 4 nitrogen and oxygen atoms in total. The van der Waals surface area contributed by atoms with Crippen LogP contribution in [-0.4, -0.2) is 15.0 Å². The minimum atomic E-state index is -0.0412. The van der Waals surface area contributed by atoms with Crippen molar-refractivity contribution in [3.05, 3.63) is 453 Å². The lowest BCUT2D eigenvalue weighted by Gasteiger charge is -2.30. The molecule has 0 spiro atoms. The van der Waals surface area contributed by atoms with Crippen LogP contribution in [0.3, 0.4) is 0 Å². The molecule has 0 N–H and O–H groups in total. The summed E-state index contributed by atoms with van der Waals surface area (Å²) >= 11 is 3.73. The quantitative estimate of drug-likeness (QED) is 0.145. The second-order valence-electron chi connectivity index (χ2n) is 37.6. The molecular weight excluding hydrogens is 1700 g/mol. The molecule has 29 rings (SSSR count). The van der Waals surface area contributed by atoms with Crippen molar-refractivity contribution < 1.29 is 4.42 Å². The van der Waals surface area contributed by atoms with E-state index in [1.54, 1.807) is 0 Å². The van der Waals surface area contributed by atoms with Crippen LogP contribution in [0.5, 0.6) is 0 Å². The molecule has 6 aromatic heterocycles. The maximum absolute atomic E-state index is 6.50. The van der Waals surface area contributed by atoms with Gasteiger partial charge in [-0.3, -0.25) is 0 Å². The molecular formula is C131H87N3OS2. The van der Waals surface area contributed by atoms with Crippen molar-refractivity contribution in [1.29, 1.82) is 0 Å². The van der Waals surface area contributed by atoms with Crippen molar-refractivity contribution in [2.45, 2.75) is 51.4 Å². The van der Waals surface area contributed by atoms with E-state index < -0.39 is 0 Å². The lowest BCUT2D eigenvalue weighted by Crippen LogP contribution is -2.23. The van der Waals surface area contributed by atoms with Crippen LogP contribution in [0.1, 0.15) is 62.8 Å². The lowest BCUT2D eigenvalue weighted by molar-refractivity contribution is 0.490. The van der Waals surface area contributed by atoms with Crippen LogP contribution in [-0.2, 0) is 10.8 Å². The standard InChI is InChI=1S/C46H33NS.C44H29NO.C41H25NS/c1-3-46(4-2)38-16-10-9-15-34(38)35-21-19-32(26-39(35)46)40-27-37(31-18-17-28-11-5-6-13-30(28)25-31)36-22-24-42-44(45(36)47-40)43-33-14-8-7-12-29(33)20-23-41(43)48-42;1-44(2)36-14-8-7-13-32(36)35-24-30(17-20-37(35)44)38-25-34(29-16-15-26-9-3-4-11-28(26)23-29)33-19-22-40-42(43(33)45-38)41-31-12-6-5-10-27(31)18-21-39(41)46-40;1-2-10-26(11-3-1)29-15-8-16-30(24-29)36-25-35(33-19-9-14-27-12-4-6-17-31(27)33)34-21-23-38-40(41(34)42-36)39-32-18-7-5-13-28(32)20-22-37(39)43-38/h5-27H,3-4H2,1-2H3;3-25H,1-2H3;1-25H. The van der Waals surface area contributed by atoms with Gasteiger partial charge >= 0.3 is 0 Å². The summed E-state index contributed by atoms with van der Waals surface area (Å²) in [7, 11) is 0. The molecule has 0 radical (unpaired) electrons. The summed E-state index contributed by atoms with van der Waals surface area (Å²) in [5.41, 5.74) is 31.8. The zero-order chi connectivity index (χ0) is 90.9. The topological polar surface area (TPSA) is 51.8 Å². The first-order chi connectivity index (χ1) is 67.5. The molecule has 0 amide bonds.